The zero-order valence-electron chi connectivity index (χ0n) is 10.1. The highest BCUT2D eigenvalue weighted by Crippen LogP contribution is 2.26. The van der Waals surface area contributed by atoms with Gasteiger partial charge in [0.05, 0.1) is 5.52 Å². The molecule has 5 heteroatoms. The lowest BCUT2D eigenvalue weighted by Crippen LogP contribution is -2.36. The van der Waals surface area contributed by atoms with E-state index in [9.17, 15) is 4.79 Å². The molecular weight excluding hydrogens is 230 g/mol. The summed E-state index contributed by atoms with van der Waals surface area (Å²) >= 11 is 0. The lowest BCUT2D eigenvalue weighted by atomic mass is 9.88. The van der Waals surface area contributed by atoms with Gasteiger partial charge in [-0.2, -0.15) is 0 Å². The number of rotatable bonds is 2. The average Bonchev–Trinajstić information content (AvgIpc) is 2.78. The number of hydrogen-bond donors (Lipinski definition) is 3. The van der Waals surface area contributed by atoms with E-state index in [4.69, 9.17) is 10.2 Å². The summed E-state index contributed by atoms with van der Waals surface area (Å²) in [5.41, 5.74) is 8.65. The number of hydrogen-bond acceptors (Lipinski definition) is 4. The standard InChI is InChI=1S/C13H17N3O2/c14-12(9-2-1-5-15-7-9)8-3-4-11-10(6-8)16-13(17)18-11/h3-4,6,9,12,15H,1-2,5,7,14H2,(H,16,17). The van der Waals surface area contributed by atoms with Crippen LogP contribution in [-0.4, -0.2) is 18.1 Å². The molecule has 0 amide bonds. The van der Waals surface area contributed by atoms with E-state index in [0.29, 0.717) is 11.5 Å². The van der Waals surface area contributed by atoms with Crippen molar-refractivity contribution in [3.63, 3.8) is 0 Å². The number of nitrogens with two attached hydrogens (primary N) is 1. The molecule has 1 aromatic heterocycles. The Kier molecular flexibility index (Phi) is 2.93. The Labute approximate surface area is 104 Å². The van der Waals surface area contributed by atoms with Gasteiger partial charge in [-0.05, 0) is 49.5 Å². The molecule has 2 heterocycles. The Bertz CT molecular complexity index is 596. The van der Waals surface area contributed by atoms with Crippen LogP contribution in [0.4, 0.5) is 0 Å². The molecule has 1 fully saturated rings. The molecule has 3 rings (SSSR count). The largest absolute Gasteiger partial charge is 0.417 e. The van der Waals surface area contributed by atoms with Crippen LogP contribution in [0.3, 0.4) is 0 Å². The molecule has 2 aromatic rings. The number of aromatic amines is 1. The fourth-order valence-corrected chi connectivity index (χ4v) is 2.63. The van der Waals surface area contributed by atoms with Crippen molar-refractivity contribution < 1.29 is 4.42 Å². The minimum atomic E-state index is -0.421. The minimum Gasteiger partial charge on any atom is -0.408 e. The van der Waals surface area contributed by atoms with Gasteiger partial charge in [-0.3, -0.25) is 4.98 Å². The molecule has 4 N–H and O–H groups in total. The molecule has 5 nitrogen and oxygen atoms in total. The lowest BCUT2D eigenvalue weighted by Gasteiger charge is -2.28. The van der Waals surface area contributed by atoms with Gasteiger partial charge >= 0.3 is 5.76 Å². The van der Waals surface area contributed by atoms with Gasteiger partial charge in [0.2, 0.25) is 0 Å². The first-order valence-corrected chi connectivity index (χ1v) is 6.33. The van der Waals surface area contributed by atoms with Gasteiger partial charge < -0.3 is 15.5 Å². The maximum absolute atomic E-state index is 11.1. The van der Waals surface area contributed by atoms with E-state index in [-0.39, 0.29) is 6.04 Å². The second kappa shape index (κ2) is 4.59. The van der Waals surface area contributed by atoms with Crippen LogP contribution in [0.1, 0.15) is 24.4 Å². The van der Waals surface area contributed by atoms with E-state index in [1.54, 1.807) is 6.07 Å². The molecule has 0 saturated carbocycles. The molecule has 18 heavy (non-hydrogen) atoms. The van der Waals surface area contributed by atoms with Gasteiger partial charge in [0.1, 0.15) is 0 Å². The van der Waals surface area contributed by atoms with Crippen molar-refractivity contribution in [2.75, 3.05) is 13.1 Å². The maximum atomic E-state index is 11.1. The van der Waals surface area contributed by atoms with Crippen LogP contribution in [-0.2, 0) is 0 Å². The number of aromatic nitrogens is 1. The smallest absolute Gasteiger partial charge is 0.408 e. The molecule has 1 aliphatic rings. The monoisotopic (exact) mass is 247 g/mol. The number of nitrogens with one attached hydrogen (secondary N) is 2. The van der Waals surface area contributed by atoms with Gasteiger partial charge in [0, 0.05) is 6.04 Å². The first kappa shape index (κ1) is 11.5. The average molecular weight is 247 g/mol. The van der Waals surface area contributed by atoms with Gasteiger partial charge in [-0.15, -0.1) is 0 Å². The summed E-state index contributed by atoms with van der Waals surface area (Å²) in [4.78, 5) is 13.8. The van der Waals surface area contributed by atoms with E-state index in [1.807, 2.05) is 12.1 Å². The van der Waals surface area contributed by atoms with Crippen LogP contribution in [0.25, 0.3) is 11.1 Å². The lowest BCUT2D eigenvalue weighted by molar-refractivity contribution is 0.326. The second-order valence-corrected chi connectivity index (χ2v) is 4.90. The number of piperidine rings is 1. The molecule has 2 atom stereocenters. The highest BCUT2D eigenvalue weighted by Gasteiger charge is 2.22. The minimum absolute atomic E-state index is 0.000557. The Morgan fingerprint density at radius 3 is 3.11 bits per heavy atom. The van der Waals surface area contributed by atoms with Crippen LogP contribution in [0.5, 0.6) is 0 Å². The summed E-state index contributed by atoms with van der Waals surface area (Å²) in [6, 6.07) is 5.66. The molecule has 0 spiro atoms. The third-order valence-corrected chi connectivity index (χ3v) is 3.67. The third kappa shape index (κ3) is 2.07. The Morgan fingerprint density at radius 1 is 1.44 bits per heavy atom. The van der Waals surface area contributed by atoms with E-state index < -0.39 is 5.76 Å². The number of oxazole rings is 1. The van der Waals surface area contributed by atoms with Crippen LogP contribution < -0.4 is 16.8 Å². The third-order valence-electron chi connectivity index (χ3n) is 3.67. The first-order chi connectivity index (χ1) is 8.74. The number of benzene rings is 1. The van der Waals surface area contributed by atoms with Crippen molar-refractivity contribution in [1.82, 2.24) is 10.3 Å². The second-order valence-electron chi connectivity index (χ2n) is 4.90. The van der Waals surface area contributed by atoms with E-state index >= 15 is 0 Å². The van der Waals surface area contributed by atoms with E-state index in [1.165, 1.54) is 6.42 Å². The predicted octanol–water partition coefficient (Wildman–Crippen LogP) is 1.12. The van der Waals surface area contributed by atoms with Gasteiger partial charge in [-0.1, -0.05) is 6.07 Å². The topological polar surface area (TPSA) is 84.0 Å². The van der Waals surface area contributed by atoms with Crippen molar-refractivity contribution in [1.29, 1.82) is 0 Å². The molecule has 1 aromatic carbocycles. The van der Waals surface area contributed by atoms with Crippen molar-refractivity contribution in [3.8, 4) is 0 Å². The van der Waals surface area contributed by atoms with Crippen LogP contribution in [0.15, 0.2) is 27.4 Å². The Morgan fingerprint density at radius 2 is 2.33 bits per heavy atom. The molecule has 0 radical (unpaired) electrons. The van der Waals surface area contributed by atoms with Crippen LogP contribution in [0, 0.1) is 5.92 Å². The van der Waals surface area contributed by atoms with Crippen molar-refractivity contribution in [3.05, 3.63) is 34.3 Å². The van der Waals surface area contributed by atoms with E-state index in [0.717, 1.165) is 30.6 Å². The van der Waals surface area contributed by atoms with Gasteiger partial charge in [-0.25, -0.2) is 4.79 Å². The summed E-state index contributed by atoms with van der Waals surface area (Å²) < 4.78 is 4.98. The van der Waals surface area contributed by atoms with Gasteiger partial charge in [0.15, 0.2) is 5.58 Å². The number of H-pyrrole nitrogens is 1. The highest BCUT2D eigenvalue weighted by molar-refractivity contribution is 5.72. The molecule has 1 saturated heterocycles. The summed E-state index contributed by atoms with van der Waals surface area (Å²) in [5.74, 6) is 0.0323. The summed E-state index contributed by atoms with van der Waals surface area (Å²) in [6.07, 6.45) is 2.32. The predicted molar refractivity (Wildman–Crippen MR) is 69.4 cm³/mol. The normalized spacial score (nSPS) is 22.2. The van der Waals surface area contributed by atoms with Crippen molar-refractivity contribution in [2.45, 2.75) is 18.9 Å². The summed E-state index contributed by atoms with van der Waals surface area (Å²) in [7, 11) is 0. The Hall–Kier alpha value is -1.59. The molecule has 2 unspecified atom stereocenters. The van der Waals surface area contributed by atoms with Crippen LogP contribution >= 0.6 is 0 Å². The molecule has 1 aliphatic heterocycles. The molecular formula is C13H17N3O2. The molecule has 0 bridgehead atoms. The fraction of sp³-hybridized carbons (Fsp3) is 0.462. The zero-order valence-corrected chi connectivity index (χ0v) is 10.1. The molecule has 0 aliphatic carbocycles. The summed E-state index contributed by atoms with van der Waals surface area (Å²) in [6.45, 7) is 2.04. The van der Waals surface area contributed by atoms with Gasteiger partial charge in [0.25, 0.3) is 0 Å². The molecule has 96 valence electrons. The maximum Gasteiger partial charge on any atom is 0.417 e. The summed E-state index contributed by atoms with van der Waals surface area (Å²) in [5, 5.41) is 3.37. The fourth-order valence-electron chi connectivity index (χ4n) is 2.63. The first-order valence-electron chi connectivity index (χ1n) is 6.33. The Balaban J connectivity index is 1.90. The number of fused-ring (bicyclic) bond motifs is 1. The zero-order chi connectivity index (χ0) is 12.5. The SMILES string of the molecule is NC(c1ccc2oc(=O)[nH]c2c1)C1CCCNC1. The quantitative estimate of drug-likeness (QED) is 0.742. The van der Waals surface area contributed by atoms with Crippen molar-refractivity contribution in [2.24, 2.45) is 11.7 Å². The van der Waals surface area contributed by atoms with Crippen molar-refractivity contribution >= 4 is 11.1 Å². The highest BCUT2D eigenvalue weighted by atomic mass is 16.4. The van der Waals surface area contributed by atoms with E-state index in [2.05, 4.69) is 10.3 Å². The van der Waals surface area contributed by atoms with Crippen LogP contribution in [0.2, 0.25) is 0 Å².